The van der Waals surface area contributed by atoms with Crippen LogP contribution in [0.3, 0.4) is 0 Å². The van der Waals surface area contributed by atoms with Crippen LogP contribution in [-0.4, -0.2) is 15.0 Å². The van der Waals surface area contributed by atoms with Crippen LogP contribution in [0.25, 0.3) is 11.3 Å². The van der Waals surface area contributed by atoms with Crippen molar-refractivity contribution in [3.05, 3.63) is 72.1 Å². The molecule has 8 heteroatoms. The van der Waals surface area contributed by atoms with E-state index in [4.69, 9.17) is 22.1 Å². The topological polar surface area (TPSA) is 86.0 Å². The van der Waals surface area contributed by atoms with Gasteiger partial charge in [0.2, 0.25) is 5.06 Å². The Morgan fingerprint density at radius 1 is 1.04 bits per heavy atom. The van der Waals surface area contributed by atoms with Crippen LogP contribution in [0.15, 0.2) is 67.0 Å². The third-order valence-electron chi connectivity index (χ3n) is 3.60. The lowest BCUT2D eigenvalue weighted by atomic mass is 10.2. The number of nitrogen functional groups attached to an aromatic ring is 1. The zero-order valence-electron chi connectivity index (χ0n) is 14.0. The van der Waals surface area contributed by atoms with Crippen LogP contribution in [0, 0.1) is 0 Å². The van der Waals surface area contributed by atoms with Gasteiger partial charge < -0.3 is 15.8 Å². The largest absolute Gasteiger partial charge is 0.444 e. The first-order valence-electron chi connectivity index (χ1n) is 8.01. The fourth-order valence-electron chi connectivity index (χ4n) is 2.42. The molecule has 0 bridgehead atoms. The predicted octanol–water partition coefficient (Wildman–Crippen LogP) is 5.37. The summed E-state index contributed by atoms with van der Waals surface area (Å²) in [6.45, 7) is 0. The fourth-order valence-corrected chi connectivity index (χ4v) is 3.25. The number of nitrogens with one attached hydrogen (secondary N) is 1. The quantitative estimate of drug-likeness (QED) is 0.442. The van der Waals surface area contributed by atoms with Crippen LogP contribution in [-0.2, 0) is 0 Å². The maximum atomic E-state index is 6.04. The first kappa shape index (κ1) is 17.3. The molecule has 0 radical (unpaired) electrons. The van der Waals surface area contributed by atoms with Crippen molar-refractivity contribution in [2.24, 2.45) is 0 Å². The van der Waals surface area contributed by atoms with Crippen molar-refractivity contribution < 1.29 is 4.74 Å². The van der Waals surface area contributed by atoms with E-state index in [0.717, 1.165) is 11.3 Å². The van der Waals surface area contributed by atoms with E-state index in [0.29, 0.717) is 32.6 Å². The number of hydrogen-bond acceptors (Lipinski definition) is 7. The average molecular weight is 396 g/mol. The summed E-state index contributed by atoms with van der Waals surface area (Å²) >= 11 is 7.10. The van der Waals surface area contributed by atoms with E-state index in [-0.39, 0.29) is 0 Å². The number of anilines is 3. The minimum Gasteiger partial charge on any atom is -0.444 e. The normalized spacial score (nSPS) is 10.6. The number of pyridine rings is 2. The highest BCUT2D eigenvalue weighted by Crippen LogP contribution is 2.39. The predicted molar refractivity (Wildman–Crippen MR) is 109 cm³/mol. The Morgan fingerprint density at radius 2 is 1.89 bits per heavy atom. The van der Waals surface area contributed by atoms with Gasteiger partial charge in [-0.3, -0.25) is 0 Å². The van der Waals surface area contributed by atoms with E-state index in [1.54, 1.807) is 30.6 Å². The molecule has 3 aromatic heterocycles. The Balaban J connectivity index is 1.58. The first-order valence-corrected chi connectivity index (χ1v) is 9.21. The lowest BCUT2D eigenvalue weighted by Crippen LogP contribution is -1.94. The van der Waals surface area contributed by atoms with Gasteiger partial charge in [0, 0.05) is 17.8 Å². The molecule has 0 aliphatic carbocycles. The summed E-state index contributed by atoms with van der Waals surface area (Å²) in [5.41, 5.74) is 8.33. The molecule has 3 N–H and O–H groups in total. The van der Waals surface area contributed by atoms with Gasteiger partial charge in [-0.05, 0) is 18.2 Å². The number of nitrogens with zero attached hydrogens (tertiary/aromatic N) is 3. The fraction of sp³-hybridized carbons (Fsp3) is 0. The molecular formula is C19H14ClN5OS. The summed E-state index contributed by atoms with van der Waals surface area (Å²) in [6, 6.07) is 16.9. The minimum atomic E-state index is 0.432. The third kappa shape index (κ3) is 4.16. The molecule has 4 rings (SSSR count). The van der Waals surface area contributed by atoms with Gasteiger partial charge >= 0.3 is 0 Å². The Morgan fingerprint density at radius 3 is 2.67 bits per heavy atom. The minimum absolute atomic E-state index is 0.432. The van der Waals surface area contributed by atoms with E-state index in [1.807, 2.05) is 36.4 Å². The molecule has 27 heavy (non-hydrogen) atoms. The van der Waals surface area contributed by atoms with Crippen LogP contribution >= 0.6 is 22.9 Å². The summed E-state index contributed by atoms with van der Waals surface area (Å²) in [5.74, 6) is 1.24. The molecule has 134 valence electrons. The molecule has 0 atom stereocenters. The van der Waals surface area contributed by atoms with Gasteiger partial charge in [-0.1, -0.05) is 53.3 Å². The third-order valence-corrected chi connectivity index (χ3v) is 4.59. The van der Waals surface area contributed by atoms with Crippen LogP contribution in [0.5, 0.6) is 10.8 Å². The Bertz CT molecular complexity index is 1050. The smallest absolute Gasteiger partial charge is 0.210 e. The van der Waals surface area contributed by atoms with Crippen LogP contribution in [0.4, 0.5) is 16.6 Å². The van der Waals surface area contributed by atoms with Crippen molar-refractivity contribution >= 4 is 39.6 Å². The number of nitrogens with two attached hydrogens (primary N) is 1. The maximum absolute atomic E-state index is 6.04. The first-order chi connectivity index (χ1) is 13.2. The van der Waals surface area contributed by atoms with Crippen molar-refractivity contribution in [3.8, 4) is 22.1 Å². The second-order valence-corrected chi connectivity index (χ2v) is 6.91. The lowest BCUT2D eigenvalue weighted by molar-refractivity contribution is 0.496. The number of benzene rings is 1. The van der Waals surface area contributed by atoms with Crippen molar-refractivity contribution in [1.29, 1.82) is 0 Å². The Hall–Kier alpha value is -3.16. The molecule has 3 heterocycles. The second kappa shape index (κ2) is 7.61. The molecule has 0 spiro atoms. The monoisotopic (exact) mass is 395 g/mol. The molecule has 0 fully saturated rings. The van der Waals surface area contributed by atoms with Crippen molar-refractivity contribution in [1.82, 2.24) is 15.0 Å². The summed E-state index contributed by atoms with van der Waals surface area (Å²) in [6.07, 6.45) is 3.29. The lowest BCUT2D eigenvalue weighted by Gasteiger charge is -2.08. The second-order valence-electron chi connectivity index (χ2n) is 5.53. The van der Waals surface area contributed by atoms with Gasteiger partial charge in [0.15, 0.2) is 5.13 Å². The van der Waals surface area contributed by atoms with Crippen molar-refractivity contribution in [2.45, 2.75) is 0 Å². The van der Waals surface area contributed by atoms with Gasteiger partial charge in [-0.15, -0.1) is 0 Å². The number of ether oxygens (including phenoxy) is 1. The number of halogens is 1. The van der Waals surface area contributed by atoms with E-state index >= 15 is 0 Å². The maximum Gasteiger partial charge on any atom is 0.210 e. The molecule has 4 aromatic rings. The highest BCUT2D eigenvalue weighted by atomic mass is 35.5. The highest BCUT2D eigenvalue weighted by molar-refractivity contribution is 7.17. The SMILES string of the molecule is Nc1nc(-c2ccccc2)c(Oc2ccnc(Nc3ccc(Cl)nc3)c2)s1. The number of hydrogen-bond donors (Lipinski definition) is 2. The summed E-state index contributed by atoms with van der Waals surface area (Å²) < 4.78 is 6.04. The standard InChI is InChI=1S/C19H14ClN5OS/c20-15-7-6-13(11-23-15)24-16-10-14(8-9-22-16)26-18-17(25-19(21)27-18)12-4-2-1-3-5-12/h1-11H,(H2,21,25)(H,22,24). The molecule has 0 saturated heterocycles. The van der Waals surface area contributed by atoms with Gasteiger partial charge in [0.1, 0.15) is 22.4 Å². The van der Waals surface area contributed by atoms with E-state index in [1.165, 1.54) is 11.3 Å². The summed E-state index contributed by atoms with van der Waals surface area (Å²) in [5, 5.41) is 4.67. The van der Waals surface area contributed by atoms with Gasteiger partial charge in [-0.2, -0.15) is 0 Å². The number of thiazole rings is 1. The van der Waals surface area contributed by atoms with Crippen molar-refractivity contribution in [2.75, 3.05) is 11.1 Å². The van der Waals surface area contributed by atoms with Crippen LogP contribution < -0.4 is 15.8 Å². The molecule has 0 amide bonds. The van der Waals surface area contributed by atoms with Gasteiger partial charge in [0.25, 0.3) is 0 Å². The van der Waals surface area contributed by atoms with Crippen molar-refractivity contribution in [3.63, 3.8) is 0 Å². The molecule has 0 unspecified atom stereocenters. The Labute approximate surface area is 164 Å². The molecule has 0 aliphatic heterocycles. The van der Waals surface area contributed by atoms with Crippen LogP contribution in [0.2, 0.25) is 5.15 Å². The molecule has 0 aliphatic rings. The van der Waals surface area contributed by atoms with Crippen LogP contribution in [0.1, 0.15) is 0 Å². The zero-order valence-corrected chi connectivity index (χ0v) is 15.5. The highest BCUT2D eigenvalue weighted by Gasteiger charge is 2.14. The molecule has 6 nitrogen and oxygen atoms in total. The van der Waals surface area contributed by atoms with E-state index < -0.39 is 0 Å². The summed E-state index contributed by atoms with van der Waals surface area (Å²) in [4.78, 5) is 12.7. The zero-order chi connectivity index (χ0) is 18.6. The molecule has 0 saturated carbocycles. The number of rotatable bonds is 5. The molecule has 1 aromatic carbocycles. The average Bonchev–Trinajstić information content (AvgIpc) is 3.05. The Kier molecular flexibility index (Phi) is 4.86. The van der Waals surface area contributed by atoms with E-state index in [9.17, 15) is 0 Å². The molecular weight excluding hydrogens is 382 g/mol. The van der Waals surface area contributed by atoms with Gasteiger partial charge in [-0.25, -0.2) is 15.0 Å². The van der Waals surface area contributed by atoms with E-state index in [2.05, 4.69) is 20.3 Å². The van der Waals surface area contributed by atoms with Gasteiger partial charge in [0.05, 0.1) is 11.9 Å². The summed E-state index contributed by atoms with van der Waals surface area (Å²) in [7, 11) is 0. The number of aromatic nitrogens is 3.